The van der Waals surface area contributed by atoms with E-state index in [9.17, 15) is 0 Å². The van der Waals surface area contributed by atoms with Crippen molar-refractivity contribution >= 4 is 53.4 Å². The van der Waals surface area contributed by atoms with E-state index in [-0.39, 0.29) is 0 Å². The number of fused-ring (bicyclic) bond motifs is 6. The van der Waals surface area contributed by atoms with Gasteiger partial charge in [0.1, 0.15) is 11.2 Å². The second-order valence-corrected chi connectivity index (χ2v) is 13.5. The Morgan fingerprint density at radius 3 is 1.72 bits per heavy atom. The maximum Gasteiger partial charge on any atom is 0.164 e. The molecule has 0 aliphatic heterocycles. The van der Waals surface area contributed by atoms with Gasteiger partial charge in [0.25, 0.3) is 0 Å². The summed E-state index contributed by atoms with van der Waals surface area (Å²) in [5.74, 6) is 1.96. The monoisotopic (exact) mass is 657 g/mol. The highest BCUT2D eigenvalue weighted by Gasteiger charge is 2.16. The van der Waals surface area contributed by atoms with Crippen LogP contribution in [0.2, 0.25) is 0 Å². The standard InChI is InChI=1S/C45H27N3OS/c1-3-11-28(12-4-1)43-46-44(29-13-5-2-6-14-29)48-45(47-43)33-16-9-15-30(25-33)31-21-23-36-37-19-10-18-34(42(37)50-41(36)27-31)32-22-24-40-38(26-32)35-17-7-8-20-39(35)49-40/h1-27H. The Balaban J connectivity index is 1.06. The van der Waals surface area contributed by atoms with Crippen LogP contribution in [-0.2, 0) is 0 Å². The summed E-state index contributed by atoms with van der Waals surface area (Å²) in [5.41, 5.74) is 9.38. The minimum atomic E-state index is 0.648. The van der Waals surface area contributed by atoms with Gasteiger partial charge in [-0.05, 0) is 52.6 Å². The molecule has 10 rings (SSSR count). The molecule has 5 heteroatoms. The smallest absolute Gasteiger partial charge is 0.164 e. The van der Waals surface area contributed by atoms with Crippen molar-refractivity contribution in [1.29, 1.82) is 0 Å². The maximum absolute atomic E-state index is 6.11. The van der Waals surface area contributed by atoms with Gasteiger partial charge in [0.05, 0.1) is 0 Å². The van der Waals surface area contributed by atoms with E-state index in [4.69, 9.17) is 19.4 Å². The number of benzene rings is 7. The predicted octanol–water partition coefficient (Wildman–Crippen LogP) is 12.5. The van der Waals surface area contributed by atoms with Crippen molar-refractivity contribution in [2.75, 3.05) is 0 Å². The number of hydrogen-bond acceptors (Lipinski definition) is 5. The minimum Gasteiger partial charge on any atom is -0.456 e. The molecule has 3 aromatic heterocycles. The zero-order valence-corrected chi connectivity index (χ0v) is 27.6. The highest BCUT2D eigenvalue weighted by atomic mass is 32.1. The first-order valence-corrected chi connectivity index (χ1v) is 17.4. The molecule has 0 fully saturated rings. The summed E-state index contributed by atoms with van der Waals surface area (Å²) in [7, 11) is 0. The fourth-order valence-corrected chi connectivity index (χ4v) is 8.15. The molecule has 0 spiro atoms. The van der Waals surface area contributed by atoms with Gasteiger partial charge in [0, 0.05) is 47.6 Å². The first-order chi connectivity index (χ1) is 24.7. The van der Waals surface area contributed by atoms with Crippen molar-refractivity contribution in [2.24, 2.45) is 0 Å². The van der Waals surface area contributed by atoms with E-state index < -0.39 is 0 Å². The summed E-state index contributed by atoms with van der Waals surface area (Å²) in [4.78, 5) is 14.8. The molecule has 0 saturated heterocycles. The Kier molecular flexibility index (Phi) is 6.64. The molecule has 0 amide bonds. The molecule has 0 saturated carbocycles. The van der Waals surface area contributed by atoms with Gasteiger partial charge in [0.2, 0.25) is 0 Å². The number of aromatic nitrogens is 3. The summed E-state index contributed by atoms with van der Waals surface area (Å²) in [5, 5.41) is 4.82. The van der Waals surface area contributed by atoms with Crippen LogP contribution in [0.25, 0.3) is 98.5 Å². The van der Waals surface area contributed by atoms with Crippen LogP contribution >= 0.6 is 11.3 Å². The van der Waals surface area contributed by atoms with Crippen LogP contribution in [0.4, 0.5) is 0 Å². The Morgan fingerprint density at radius 1 is 0.360 bits per heavy atom. The number of thiophene rings is 1. The Labute approximate surface area is 292 Å². The predicted molar refractivity (Wildman–Crippen MR) is 207 cm³/mol. The van der Waals surface area contributed by atoms with Gasteiger partial charge >= 0.3 is 0 Å². The van der Waals surface area contributed by atoms with Gasteiger partial charge in [-0.1, -0.05) is 133 Å². The first-order valence-electron chi connectivity index (χ1n) is 16.6. The lowest BCUT2D eigenvalue weighted by Crippen LogP contribution is -2.00. The van der Waals surface area contributed by atoms with Gasteiger partial charge in [-0.15, -0.1) is 11.3 Å². The molecule has 234 valence electrons. The van der Waals surface area contributed by atoms with E-state index >= 15 is 0 Å². The lowest BCUT2D eigenvalue weighted by molar-refractivity contribution is 0.669. The van der Waals surface area contributed by atoms with Crippen LogP contribution in [0.3, 0.4) is 0 Å². The van der Waals surface area contributed by atoms with E-state index in [1.807, 2.05) is 84.1 Å². The van der Waals surface area contributed by atoms with Crippen LogP contribution in [0, 0.1) is 0 Å². The summed E-state index contributed by atoms with van der Waals surface area (Å²) in [6.45, 7) is 0. The molecule has 0 bridgehead atoms. The van der Waals surface area contributed by atoms with Crippen molar-refractivity contribution < 1.29 is 4.42 Å². The molecule has 0 aliphatic carbocycles. The molecular formula is C45H27N3OS. The second kappa shape index (κ2) is 11.6. The average Bonchev–Trinajstić information content (AvgIpc) is 3.76. The van der Waals surface area contributed by atoms with E-state index in [0.29, 0.717) is 17.5 Å². The number of rotatable bonds is 5. The topological polar surface area (TPSA) is 51.8 Å². The Bertz CT molecular complexity index is 2820. The molecule has 3 heterocycles. The maximum atomic E-state index is 6.11. The van der Waals surface area contributed by atoms with Crippen molar-refractivity contribution in [3.63, 3.8) is 0 Å². The largest absolute Gasteiger partial charge is 0.456 e. The van der Waals surface area contributed by atoms with Crippen LogP contribution in [0.15, 0.2) is 168 Å². The van der Waals surface area contributed by atoms with Crippen molar-refractivity contribution in [1.82, 2.24) is 15.0 Å². The average molecular weight is 658 g/mol. The van der Waals surface area contributed by atoms with Gasteiger partial charge in [-0.3, -0.25) is 0 Å². The van der Waals surface area contributed by atoms with Crippen molar-refractivity contribution in [3.8, 4) is 56.4 Å². The van der Waals surface area contributed by atoms with Crippen molar-refractivity contribution in [3.05, 3.63) is 164 Å². The van der Waals surface area contributed by atoms with E-state index in [1.165, 1.54) is 31.3 Å². The zero-order valence-electron chi connectivity index (χ0n) is 26.7. The third-order valence-electron chi connectivity index (χ3n) is 9.34. The molecule has 0 atom stereocenters. The van der Waals surface area contributed by atoms with Gasteiger partial charge in [0.15, 0.2) is 17.5 Å². The fraction of sp³-hybridized carbons (Fsp3) is 0. The highest BCUT2D eigenvalue weighted by Crippen LogP contribution is 2.42. The first kappa shape index (κ1) is 28.6. The van der Waals surface area contributed by atoms with Crippen molar-refractivity contribution in [2.45, 2.75) is 0 Å². The van der Waals surface area contributed by atoms with Gasteiger partial charge in [-0.2, -0.15) is 0 Å². The number of para-hydroxylation sites is 1. The molecule has 10 aromatic rings. The quantitative estimate of drug-likeness (QED) is 0.185. The Hall–Kier alpha value is -6.43. The molecule has 0 radical (unpaired) electrons. The minimum absolute atomic E-state index is 0.648. The lowest BCUT2D eigenvalue weighted by Gasteiger charge is -2.09. The molecule has 0 N–H and O–H groups in total. The number of hydrogen-bond donors (Lipinski definition) is 0. The SMILES string of the molecule is c1ccc(-c2nc(-c3ccccc3)nc(-c3cccc(-c4ccc5c(c4)sc4c(-c6ccc7oc8ccccc8c7c6)cccc45)c3)n2)cc1. The van der Waals surface area contributed by atoms with Gasteiger partial charge in [-0.25, -0.2) is 15.0 Å². The van der Waals surface area contributed by atoms with Crippen LogP contribution in [-0.4, -0.2) is 15.0 Å². The highest BCUT2D eigenvalue weighted by molar-refractivity contribution is 7.26. The molecule has 0 unspecified atom stereocenters. The number of nitrogens with zero attached hydrogens (tertiary/aromatic N) is 3. The molecule has 4 nitrogen and oxygen atoms in total. The van der Waals surface area contributed by atoms with Crippen LogP contribution in [0.1, 0.15) is 0 Å². The van der Waals surface area contributed by atoms with Gasteiger partial charge < -0.3 is 4.42 Å². The third kappa shape index (κ3) is 4.87. The lowest BCUT2D eigenvalue weighted by atomic mass is 9.99. The summed E-state index contributed by atoms with van der Waals surface area (Å²) in [6.07, 6.45) is 0. The summed E-state index contributed by atoms with van der Waals surface area (Å²) >= 11 is 1.85. The third-order valence-corrected chi connectivity index (χ3v) is 10.5. The van der Waals surface area contributed by atoms with E-state index in [2.05, 4.69) is 91.0 Å². The Morgan fingerprint density at radius 2 is 0.940 bits per heavy atom. The molecule has 7 aromatic carbocycles. The van der Waals surface area contributed by atoms with E-state index in [0.717, 1.165) is 49.8 Å². The number of furan rings is 1. The zero-order chi connectivity index (χ0) is 33.0. The summed E-state index contributed by atoms with van der Waals surface area (Å²) < 4.78 is 8.65. The normalized spacial score (nSPS) is 11.6. The molecular weight excluding hydrogens is 631 g/mol. The molecule has 0 aliphatic rings. The van der Waals surface area contributed by atoms with Crippen LogP contribution in [0.5, 0.6) is 0 Å². The molecule has 50 heavy (non-hydrogen) atoms. The second-order valence-electron chi connectivity index (χ2n) is 12.4. The summed E-state index contributed by atoms with van der Waals surface area (Å²) in [6, 6.07) is 56.9. The fourth-order valence-electron chi connectivity index (χ4n) is 6.87. The van der Waals surface area contributed by atoms with Crippen LogP contribution < -0.4 is 0 Å². The van der Waals surface area contributed by atoms with E-state index in [1.54, 1.807) is 0 Å².